The van der Waals surface area contributed by atoms with Crippen molar-refractivity contribution in [3.8, 4) is 11.5 Å². The van der Waals surface area contributed by atoms with Gasteiger partial charge in [-0.25, -0.2) is 8.42 Å². The summed E-state index contributed by atoms with van der Waals surface area (Å²) in [6.45, 7) is 3.20. The topological polar surface area (TPSA) is 84.9 Å². The molecule has 0 unspecified atom stereocenters. The Balaban J connectivity index is 2.05. The van der Waals surface area contributed by atoms with Gasteiger partial charge in [0.15, 0.2) is 11.5 Å². The van der Waals surface area contributed by atoms with Crippen LogP contribution in [0.2, 0.25) is 10.0 Å². The number of carbonyl (C=O) groups is 1. The van der Waals surface area contributed by atoms with E-state index in [9.17, 15) is 13.2 Å². The van der Waals surface area contributed by atoms with E-state index in [-0.39, 0.29) is 21.4 Å². The minimum atomic E-state index is -4.17. The second kappa shape index (κ2) is 10.5. The van der Waals surface area contributed by atoms with Crippen LogP contribution in [0.1, 0.15) is 11.1 Å². The zero-order valence-electron chi connectivity index (χ0n) is 19.1. The molecule has 0 aliphatic heterocycles. The maximum atomic E-state index is 13.7. The van der Waals surface area contributed by atoms with Gasteiger partial charge in [-0.05, 0) is 67.4 Å². The Labute approximate surface area is 209 Å². The van der Waals surface area contributed by atoms with Crippen LogP contribution in [0.4, 0.5) is 11.4 Å². The number of nitrogens with zero attached hydrogens (tertiary/aromatic N) is 1. The average Bonchev–Trinajstić information content (AvgIpc) is 2.78. The van der Waals surface area contributed by atoms with Gasteiger partial charge in [-0.15, -0.1) is 0 Å². The zero-order chi connectivity index (χ0) is 25.0. The molecule has 0 saturated heterocycles. The first-order valence-corrected chi connectivity index (χ1v) is 12.3. The Bertz CT molecular complexity index is 1310. The number of benzene rings is 3. The predicted octanol–water partition coefficient (Wildman–Crippen LogP) is 5.46. The van der Waals surface area contributed by atoms with Crippen LogP contribution in [0, 0.1) is 13.8 Å². The number of sulfonamides is 1. The Morgan fingerprint density at radius 2 is 1.56 bits per heavy atom. The third kappa shape index (κ3) is 5.75. The summed E-state index contributed by atoms with van der Waals surface area (Å²) < 4.78 is 39.0. The molecular formula is C24H24Cl2N2O5S. The molecule has 0 spiro atoms. The molecule has 180 valence electrons. The van der Waals surface area contributed by atoms with Gasteiger partial charge in [0.1, 0.15) is 6.54 Å². The Morgan fingerprint density at radius 3 is 2.18 bits per heavy atom. The van der Waals surface area contributed by atoms with Gasteiger partial charge in [0.25, 0.3) is 10.0 Å². The van der Waals surface area contributed by atoms with Gasteiger partial charge in [0, 0.05) is 11.1 Å². The summed E-state index contributed by atoms with van der Waals surface area (Å²) in [6, 6.07) is 14.2. The van der Waals surface area contributed by atoms with Gasteiger partial charge in [-0.1, -0.05) is 29.3 Å². The van der Waals surface area contributed by atoms with E-state index in [1.807, 2.05) is 19.9 Å². The second-order valence-corrected chi connectivity index (χ2v) is 10.3. The summed E-state index contributed by atoms with van der Waals surface area (Å²) >= 11 is 12.2. The Morgan fingerprint density at radius 1 is 0.912 bits per heavy atom. The summed E-state index contributed by atoms with van der Waals surface area (Å²) in [4.78, 5) is 12.9. The first kappa shape index (κ1) is 25.7. The van der Waals surface area contributed by atoms with Crippen molar-refractivity contribution in [2.75, 3.05) is 30.4 Å². The molecule has 0 aromatic heterocycles. The largest absolute Gasteiger partial charge is 0.493 e. The third-order valence-electron chi connectivity index (χ3n) is 4.93. The van der Waals surface area contributed by atoms with Crippen molar-refractivity contribution in [2.24, 2.45) is 0 Å². The Kier molecular flexibility index (Phi) is 7.97. The number of anilines is 2. The quantitative estimate of drug-likeness (QED) is 0.424. The molecule has 3 aromatic rings. The first-order chi connectivity index (χ1) is 16.0. The molecule has 0 heterocycles. The second-order valence-electron chi connectivity index (χ2n) is 7.55. The normalized spacial score (nSPS) is 11.1. The molecule has 10 heteroatoms. The molecule has 0 fully saturated rings. The van der Waals surface area contributed by atoms with Gasteiger partial charge in [-0.3, -0.25) is 9.10 Å². The first-order valence-electron chi connectivity index (χ1n) is 10.1. The number of hydrogen-bond donors (Lipinski definition) is 1. The number of halogens is 2. The smallest absolute Gasteiger partial charge is 0.264 e. The summed E-state index contributed by atoms with van der Waals surface area (Å²) in [5.41, 5.74) is 2.32. The van der Waals surface area contributed by atoms with Crippen LogP contribution in [0.5, 0.6) is 11.5 Å². The van der Waals surface area contributed by atoms with E-state index in [2.05, 4.69) is 5.32 Å². The van der Waals surface area contributed by atoms with E-state index < -0.39 is 22.5 Å². The molecule has 0 aliphatic carbocycles. The molecule has 7 nitrogen and oxygen atoms in total. The van der Waals surface area contributed by atoms with E-state index in [4.69, 9.17) is 32.7 Å². The highest BCUT2D eigenvalue weighted by atomic mass is 35.5. The highest BCUT2D eigenvalue weighted by Crippen LogP contribution is 2.33. The van der Waals surface area contributed by atoms with Crippen LogP contribution in [-0.4, -0.2) is 35.1 Å². The molecular weight excluding hydrogens is 499 g/mol. The van der Waals surface area contributed by atoms with Crippen molar-refractivity contribution in [1.82, 2.24) is 0 Å². The van der Waals surface area contributed by atoms with Crippen molar-refractivity contribution in [2.45, 2.75) is 18.7 Å². The van der Waals surface area contributed by atoms with Crippen molar-refractivity contribution in [1.29, 1.82) is 0 Å². The number of aryl methyl sites for hydroxylation is 2. The zero-order valence-corrected chi connectivity index (χ0v) is 21.4. The van der Waals surface area contributed by atoms with E-state index in [0.717, 1.165) is 15.4 Å². The number of amides is 1. The molecule has 3 aromatic carbocycles. The number of rotatable bonds is 8. The maximum Gasteiger partial charge on any atom is 0.264 e. The molecule has 0 saturated carbocycles. The molecule has 1 N–H and O–H groups in total. The molecule has 1 amide bonds. The number of nitrogens with one attached hydrogen (secondary N) is 1. The van der Waals surface area contributed by atoms with Gasteiger partial charge in [0.05, 0.1) is 35.5 Å². The van der Waals surface area contributed by atoms with Crippen molar-refractivity contribution < 1.29 is 22.7 Å². The van der Waals surface area contributed by atoms with Gasteiger partial charge in [-0.2, -0.15) is 0 Å². The molecule has 0 atom stereocenters. The van der Waals surface area contributed by atoms with Crippen LogP contribution in [-0.2, 0) is 14.8 Å². The molecule has 34 heavy (non-hydrogen) atoms. The van der Waals surface area contributed by atoms with Gasteiger partial charge < -0.3 is 14.8 Å². The minimum absolute atomic E-state index is 0.0575. The highest BCUT2D eigenvalue weighted by Gasteiger charge is 2.29. The van der Waals surface area contributed by atoms with E-state index >= 15 is 0 Å². The van der Waals surface area contributed by atoms with Gasteiger partial charge in [0.2, 0.25) is 5.91 Å². The van der Waals surface area contributed by atoms with E-state index in [1.54, 1.807) is 24.3 Å². The van der Waals surface area contributed by atoms with Crippen molar-refractivity contribution in [3.63, 3.8) is 0 Å². The van der Waals surface area contributed by atoms with Crippen molar-refractivity contribution >= 4 is 50.5 Å². The fourth-order valence-electron chi connectivity index (χ4n) is 3.43. The highest BCUT2D eigenvalue weighted by molar-refractivity contribution is 7.92. The van der Waals surface area contributed by atoms with E-state index in [1.165, 1.54) is 38.5 Å². The van der Waals surface area contributed by atoms with Crippen LogP contribution >= 0.6 is 23.2 Å². The standard InChI is InChI=1S/C24H24Cl2N2O5S/c1-15-9-16(2)11-18(10-15)28(14-24(29)27-21-12-17(25)5-7-20(21)26)34(30,31)19-6-8-22(32-3)23(13-19)33-4/h5-13H,14H2,1-4H3,(H,27,29). The number of ether oxygens (including phenoxy) is 2. The monoisotopic (exact) mass is 522 g/mol. The summed E-state index contributed by atoms with van der Waals surface area (Å²) in [5, 5.41) is 3.29. The van der Waals surface area contributed by atoms with Crippen LogP contribution < -0.4 is 19.1 Å². The Hall–Kier alpha value is -2.94. The number of hydrogen-bond acceptors (Lipinski definition) is 5. The fraction of sp³-hybridized carbons (Fsp3) is 0.208. The lowest BCUT2D eigenvalue weighted by Gasteiger charge is -2.25. The number of carbonyl (C=O) groups excluding carboxylic acids is 1. The third-order valence-corrected chi connectivity index (χ3v) is 7.26. The lowest BCUT2D eigenvalue weighted by atomic mass is 10.1. The summed E-state index contributed by atoms with van der Waals surface area (Å²) in [6.07, 6.45) is 0. The lowest BCUT2D eigenvalue weighted by Crippen LogP contribution is -2.38. The van der Waals surface area contributed by atoms with Crippen molar-refractivity contribution in [3.05, 3.63) is 75.8 Å². The summed E-state index contributed by atoms with van der Waals surface area (Å²) in [7, 11) is -1.30. The van der Waals surface area contributed by atoms with E-state index in [0.29, 0.717) is 16.5 Å². The molecule has 0 aliphatic rings. The van der Waals surface area contributed by atoms with Gasteiger partial charge >= 0.3 is 0 Å². The molecule has 3 rings (SSSR count). The molecule has 0 radical (unpaired) electrons. The van der Waals surface area contributed by atoms with Crippen LogP contribution in [0.15, 0.2) is 59.5 Å². The molecule has 0 bridgehead atoms. The average molecular weight is 523 g/mol. The summed E-state index contributed by atoms with van der Waals surface area (Å²) in [5.74, 6) is 0.0410. The van der Waals surface area contributed by atoms with Crippen LogP contribution in [0.3, 0.4) is 0 Å². The predicted molar refractivity (Wildman–Crippen MR) is 135 cm³/mol. The number of methoxy groups -OCH3 is 2. The fourth-order valence-corrected chi connectivity index (χ4v) is 5.18. The SMILES string of the molecule is COc1ccc(S(=O)(=O)N(CC(=O)Nc2cc(Cl)ccc2Cl)c2cc(C)cc(C)c2)cc1OC. The lowest BCUT2D eigenvalue weighted by molar-refractivity contribution is -0.114. The van der Waals surface area contributed by atoms with Crippen LogP contribution in [0.25, 0.3) is 0 Å². The minimum Gasteiger partial charge on any atom is -0.493 e. The maximum absolute atomic E-state index is 13.7.